The lowest BCUT2D eigenvalue weighted by atomic mass is 10.1. The Morgan fingerprint density at radius 3 is 2.48 bits per heavy atom. The second-order valence-corrected chi connectivity index (χ2v) is 6.58. The molecule has 25 heavy (non-hydrogen) atoms. The molecule has 0 saturated carbocycles. The topological polar surface area (TPSA) is 39.3 Å². The number of rotatable bonds is 2. The van der Waals surface area contributed by atoms with E-state index in [4.69, 9.17) is 11.6 Å². The van der Waals surface area contributed by atoms with Crippen molar-refractivity contribution in [2.45, 2.75) is 0 Å². The van der Waals surface area contributed by atoms with Crippen LogP contribution in [0.1, 0.15) is 10.4 Å². The lowest BCUT2D eigenvalue weighted by Crippen LogP contribution is -2.48. The lowest BCUT2D eigenvalue weighted by molar-refractivity contribution is 0.0749. The van der Waals surface area contributed by atoms with Crippen molar-refractivity contribution in [3.05, 3.63) is 65.1 Å². The van der Waals surface area contributed by atoms with E-state index >= 15 is 0 Å². The van der Waals surface area contributed by atoms with E-state index < -0.39 is 0 Å². The second kappa shape index (κ2) is 6.41. The number of nitrogens with zero attached hydrogens (tertiary/aromatic N) is 2. The molecule has 2 aromatic carbocycles. The number of benzene rings is 2. The van der Waals surface area contributed by atoms with Crippen LogP contribution in [-0.2, 0) is 0 Å². The number of carbonyl (C=O) groups excluding carboxylic acids is 1. The summed E-state index contributed by atoms with van der Waals surface area (Å²) in [5, 5.41) is 1.46. The zero-order valence-corrected chi connectivity index (χ0v) is 14.3. The molecule has 2 heterocycles. The predicted octanol–water partition coefficient (Wildman–Crippen LogP) is 3.92. The van der Waals surface area contributed by atoms with Gasteiger partial charge in [-0.2, -0.15) is 0 Å². The molecule has 4 nitrogen and oxygen atoms in total. The maximum Gasteiger partial charge on any atom is 0.256 e. The third-order valence-corrected chi connectivity index (χ3v) is 4.87. The summed E-state index contributed by atoms with van der Waals surface area (Å²) in [5.74, 6) is -0.233. The molecule has 3 aromatic rings. The minimum atomic E-state index is -0.240. The van der Waals surface area contributed by atoms with Crippen molar-refractivity contribution in [1.82, 2.24) is 9.88 Å². The smallest absolute Gasteiger partial charge is 0.256 e. The molecule has 0 aliphatic carbocycles. The minimum Gasteiger partial charge on any atom is -0.368 e. The maximum atomic E-state index is 13.1. The fourth-order valence-electron chi connectivity index (χ4n) is 3.26. The van der Waals surface area contributed by atoms with E-state index in [0.717, 1.165) is 29.7 Å². The largest absolute Gasteiger partial charge is 0.368 e. The van der Waals surface area contributed by atoms with Gasteiger partial charge in [-0.25, -0.2) is 4.39 Å². The van der Waals surface area contributed by atoms with Crippen LogP contribution < -0.4 is 4.90 Å². The molecule has 1 aliphatic rings. The summed E-state index contributed by atoms with van der Waals surface area (Å²) in [6.07, 6.45) is 1.75. The summed E-state index contributed by atoms with van der Waals surface area (Å²) in [6, 6.07) is 12.0. The Balaban J connectivity index is 1.49. The first-order valence-corrected chi connectivity index (χ1v) is 8.56. The summed E-state index contributed by atoms with van der Waals surface area (Å²) in [6.45, 7) is 2.70. The van der Waals surface area contributed by atoms with E-state index in [1.54, 1.807) is 24.4 Å². The number of amides is 1. The van der Waals surface area contributed by atoms with Crippen LogP contribution in [0.25, 0.3) is 10.9 Å². The van der Waals surface area contributed by atoms with Crippen molar-refractivity contribution in [1.29, 1.82) is 0 Å². The van der Waals surface area contributed by atoms with Gasteiger partial charge in [-0.1, -0.05) is 11.6 Å². The molecule has 6 heteroatoms. The summed E-state index contributed by atoms with van der Waals surface area (Å²) < 4.78 is 13.1. The van der Waals surface area contributed by atoms with Gasteiger partial charge in [0.2, 0.25) is 0 Å². The number of hydrogen-bond donors (Lipinski definition) is 1. The highest BCUT2D eigenvalue weighted by Crippen LogP contribution is 2.24. The number of halogens is 2. The molecule has 1 amide bonds. The van der Waals surface area contributed by atoms with Crippen LogP contribution >= 0.6 is 11.6 Å². The summed E-state index contributed by atoms with van der Waals surface area (Å²) in [5.41, 5.74) is 2.53. The van der Waals surface area contributed by atoms with Gasteiger partial charge in [0.1, 0.15) is 5.82 Å². The molecule has 128 valence electrons. The number of hydrogen-bond acceptors (Lipinski definition) is 2. The van der Waals surface area contributed by atoms with E-state index in [2.05, 4.69) is 9.88 Å². The monoisotopic (exact) mass is 357 g/mol. The van der Waals surface area contributed by atoms with E-state index in [9.17, 15) is 9.18 Å². The maximum absolute atomic E-state index is 13.1. The zero-order chi connectivity index (χ0) is 17.4. The molecule has 0 atom stereocenters. The molecule has 1 N–H and O–H groups in total. The molecule has 0 radical (unpaired) electrons. The Labute approximate surface area is 149 Å². The van der Waals surface area contributed by atoms with Gasteiger partial charge in [-0.05, 0) is 42.5 Å². The van der Waals surface area contributed by atoms with Gasteiger partial charge in [0.25, 0.3) is 5.91 Å². The average Bonchev–Trinajstić information content (AvgIpc) is 3.05. The summed E-state index contributed by atoms with van der Waals surface area (Å²) in [4.78, 5) is 20.0. The molecule has 1 saturated heterocycles. The predicted molar refractivity (Wildman–Crippen MR) is 97.8 cm³/mol. The molecule has 4 rings (SSSR count). The quantitative estimate of drug-likeness (QED) is 0.755. The van der Waals surface area contributed by atoms with Crippen molar-refractivity contribution >= 4 is 34.1 Å². The van der Waals surface area contributed by atoms with Crippen LogP contribution in [-0.4, -0.2) is 42.0 Å². The molecule has 0 bridgehead atoms. The van der Waals surface area contributed by atoms with Crippen LogP contribution in [0.2, 0.25) is 5.02 Å². The number of nitrogens with one attached hydrogen (secondary N) is 1. The first-order chi connectivity index (χ1) is 12.1. The van der Waals surface area contributed by atoms with Crippen molar-refractivity contribution < 1.29 is 9.18 Å². The van der Waals surface area contributed by atoms with E-state index in [0.29, 0.717) is 23.7 Å². The fraction of sp³-hybridized carbons (Fsp3) is 0.211. The van der Waals surface area contributed by atoms with Crippen LogP contribution in [0.3, 0.4) is 0 Å². The number of carbonyl (C=O) groups is 1. The Bertz CT molecular complexity index is 914. The average molecular weight is 358 g/mol. The van der Waals surface area contributed by atoms with Gasteiger partial charge in [0, 0.05) is 54.0 Å². The van der Waals surface area contributed by atoms with Crippen molar-refractivity contribution in [2.75, 3.05) is 31.1 Å². The molecule has 1 aliphatic heterocycles. The zero-order valence-electron chi connectivity index (χ0n) is 13.5. The molecule has 0 unspecified atom stereocenters. The van der Waals surface area contributed by atoms with Crippen LogP contribution in [0.5, 0.6) is 0 Å². The van der Waals surface area contributed by atoms with Crippen molar-refractivity contribution in [3.8, 4) is 0 Å². The lowest BCUT2D eigenvalue weighted by Gasteiger charge is -2.36. The van der Waals surface area contributed by atoms with Crippen molar-refractivity contribution in [3.63, 3.8) is 0 Å². The van der Waals surface area contributed by atoms with Crippen LogP contribution in [0.4, 0.5) is 10.1 Å². The van der Waals surface area contributed by atoms with Gasteiger partial charge in [0.05, 0.1) is 5.56 Å². The van der Waals surface area contributed by atoms with Gasteiger partial charge in [-0.15, -0.1) is 0 Å². The second-order valence-electron chi connectivity index (χ2n) is 6.15. The molecule has 1 fully saturated rings. The number of aromatic amines is 1. The first kappa shape index (κ1) is 16.0. The molecule has 0 spiro atoms. The molecular weight excluding hydrogens is 341 g/mol. The SMILES string of the molecule is O=C(c1c[nH]c2ccc(Cl)cc12)N1CCN(c2ccc(F)cc2)CC1. The molecular formula is C19H17ClFN3O. The number of anilines is 1. The van der Waals surface area contributed by atoms with Crippen molar-refractivity contribution in [2.24, 2.45) is 0 Å². The molecule has 1 aromatic heterocycles. The van der Waals surface area contributed by atoms with Gasteiger partial charge in [-0.3, -0.25) is 4.79 Å². The standard InChI is InChI=1S/C19H17ClFN3O/c20-13-1-6-18-16(11-13)17(12-22-18)19(25)24-9-7-23(8-10-24)15-4-2-14(21)3-5-15/h1-6,11-12,22H,7-10H2. The number of fused-ring (bicyclic) bond motifs is 1. The third-order valence-electron chi connectivity index (χ3n) is 4.63. The van der Waals surface area contributed by atoms with Crippen LogP contribution in [0.15, 0.2) is 48.7 Å². The van der Waals surface area contributed by atoms with E-state index in [-0.39, 0.29) is 11.7 Å². The summed E-state index contributed by atoms with van der Waals surface area (Å²) >= 11 is 6.06. The number of aromatic nitrogens is 1. The van der Waals surface area contributed by atoms with Gasteiger partial charge in [0.15, 0.2) is 0 Å². The normalized spacial score (nSPS) is 15.0. The minimum absolute atomic E-state index is 0.00673. The third kappa shape index (κ3) is 3.07. The Morgan fingerprint density at radius 2 is 1.76 bits per heavy atom. The van der Waals surface area contributed by atoms with Crippen LogP contribution in [0, 0.1) is 5.82 Å². The van der Waals surface area contributed by atoms with Gasteiger partial charge < -0.3 is 14.8 Å². The Morgan fingerprint density at radius 1 is 1.04 bits per heavy atom. The highest BCUT2D eigenvalue weighted by Gasteiger charge is 2.24. The van der Waals surface area contributed by atoms with E-state index in [1.165, 1.54) is 12.1 Å². The highest BCUT2D eigenvalue weighted by atomic mass is 35.5. The Kier molecular flexibility index (Phi) is 4.09. The van der Waals surface area contributed by atoms with Gasteiger partial charge >= 0.3 is 0 Å². The number of H-pyrrole nitrogens is 1. The first-order valence-electron chi connectivity index (χ1n) is 8.18. The van der Waals surface area contributed by atoms with E-state index in [1.807, 2.05) is 17.0 Å². The summed E-state index contributed by atoms with van der Waals surface area (Å²) in [7, 11) is 0. The number of piperazine rings is 1. The fourth-order valence-corrected chi connectivity index (χ4v) is 3.43. The highest BCUT2D eigenvalue weighted by molar-refractivity contribution is 6.31. The Hall–Kier alpha value is -2.53.